The van der Waals surface area contributed by atoms with E-state index in [0.29, 0.717) is 0 Å². The van der Waals surface area contributed by atoms with E-state index in [0.717, 1.165) is 23.8 Å². The number of hydrogen-bond donors (Lipinski definition) is 1. The van der Waals surface area contributed by atoms with Gasteiger partial charge in [-0.25, -0.2) is 4.98 Å². The summed E-state index contributed by atoms with van der Waals surface area (Å²) in [5, 5.41) is 6.68. The van der Waals surface area contributed by atoms with Crippen molar-refractivity contribution in [1.82, 2.24) is 10.3 Å². The second-order valence-corrected chi connectivity index (χ2v) is 5.52. The van der Waals surface area contributed by atoms with Gasteiger partial charge < -0.3 is 5.32 Å². The zero-order chi connectivity index (χ0) is 12.3. The molecule has 1 aromatic carbocycles. The molecule has 0 aliphatic carbocycles. The maximum Gasteiger partial charge on any atom is 0.0897 e. The lowest BCUT2D eigenvalue weighted by Crippen LogP contribution is -2.13. The van der Waals surface area contributed by atoms with Gasteiger partial charge in [-0.1, -0.05) is 29.3 Å². The van der Waals surface area contributed by atoms with Crippen molar-refractivity contribution in [3.63, 3.8) is 0 Å². The highest BCUT2D eigenvalue weighted by molar-refractivity contribution is 7.09. The van der Waals surface area contributed by atoms with Crippen LogP contribution in [-0.2, 0) is 13.1 Å². The molecule has 0 fully saturated rings. The van der Waals surface area contributed by atoms with Gasteiger partial charge in [0.1, 0.15) is 0 Å². The molecule has 0 bridgehead atoms. The van der Waals surface area contributed by atoms with E-state index in [9.17, 15) is 0 Å². The third kappa shape index (κ3) is 3.65. The molecule has 90 valence electrons. The van der Waals surface area contributed by atoms with Gasteiger partial charge in [0, 0.05) is 18.5 Å². The zero-order valence-corrected chi connectivity index (χ0v) is 11.4. The molecule has 1 heterocycles. The molecular weight excluding hydrogens is 228 g/mol. The van der Waals surface area contributed by atoms with E-state index in [2.05, 4.69) is 47.7 Å². The van der Waals surface area contributed by atoms with E-state index in [4.69, 9.17) is 0 Å². The molecule has 0 saturated carbocycles. The minimum absolute atomic E-state index is 0.845. The summed E-state index contributed by atoms with van der Waals surface area (Å²) in [6, 6.07) is 6.66. The molecule has 0 amide bonds. The van der Waals surface area contributed by atoms with Crippen molar-refractivity contribution in [2.45, 2.75) is 33.9 Å². The van der Waals surface area contributed by atoms with Gasteiger partial charge in [-0.05, 0) is 26.3 Å². The Morgan fingerprint density at radius 2 is 1.76 bits per heavy atom. The van der Waals surface area contributed by atoms with Crippen molar-refractivity contribution in [2.75, 3.05) is 0 Å². The first-order valence-corrected chi connectivity index (χ1v) is 6.70. The van der Waals surface area contributed by atoms with E-state index >= 15 is 0 Å². The Bertz CT molecular complexity index is 482. The fourth-order valence-electron chi connectivity index (χ4n) is 2.00. The van der Waals surface area contributed by atoms with Crippen LogP contribution in [-0.4, -0.2) is 4.98 Å². The van der Waals surface area contributed by atoms with Crippen LogP contribution in [0.1, 0.15) is 27.4 Å². The number of aryl methyl sites for hydroxylation is 3. The summed E-state index contributed by atoms with van der Waals surface area (Å²) in [4.78, 5) is 4.43. The van der Waals surface area contributed by atoms with Crippen LogP contribution in [0.15, 0.2) is 23.6 Å². The standard InChI is InChI=1S/C14H18N2S/c1-10-4-11(2)6-13(5-10)7-15-8-14-9-17-12(3)16-14/h4-6,9,15H,7-8H2,1-3H3. The predicted octanol–water partition coefficient (Wildman–Crippen LogP) is 3.36. The molecule has 3 heteroatoms. The van der Waals surface area contributed by atoms with E-state index < -0.39 is 0 Å². The van der Waals surface area contributed by atoms with Gasteiger partial charge in [-0.2, -0.15) is 0 Å². The van der Waals surface area contributed by atoms with Crippen LogP contribution in [0.3, 0.4) is 0 Å². The first-order chi connectivity index (χ1) is 8.13. The Hall–Kier alpha value is -1.19. The molecule has 2 aromatic rings. The average molecular weight is 246 g/mol. The fourth-order valence-corrected chi connectivity index (χ4v) is 2.61. The van der Waals surface area contributed by atoms with Crippen LogP contribution < -0.4 is 5.32 Å². The van der Waals surface area contributed by atoms with Crippen LogP contribution in [0.25, 0.3) is 0 Å². The number of nitrogens with zero attached hydrogens (tertiary/aromatic N) is 1. The first kappa shape index (κ1) is 12.3. The monoisotopic (exact) mass is 246 g/mol. The van der Waals surface area contributed by atoms with E-state index in [1.807, 2.05) is 6.92 Å². The summed E-state index contributed by atoms with van der Waals surface area (Å²) in [5.41, 5.74) is 5.13. The highest BCUT2D eigenvalue weighted by atomic mass is 32.1. The van der Waals surface area contributed by atoms with Crippen molar-refractivity contribution in [1.29, 1.82) is 0 Å². The van der Waals surface area contributed by atoms with Crippen molar-refractivity contribution < 1.29 is 0 Å². The van der Waals surface area contributed by atoms with Crippen LogP contribution in [0.4, 0.5) is 0 Å². The minimum atomic E-state index is 0.845. The lowest BCUT2D eigenvalue weighted by molar-refractivity contribution is 0.681. The molecule has 0 aliphatic rings. The Kier molecular flexibility index (Phi) is 3.92. The highest BCUT2D eigenvalue weighted by Gasteiger charge is 1.99. The smallest absolute Gasteiger partial charge is 0.0897 e. The Balaban J connectivity index is 1.89. The van der Waals surface area contributed by atoms with Crippen molar-refractivity contribution >= 4 is 11.3 Å². The Morgan fingerprint density at radius 3 is 2.35 bits per heavy atom. The van der Waals surface area contributed by atoms with E-state index in [-0.39, 0.29) is 0 Å². The second-order valence-electron chi connectivity index (χ2n) is 4.46. The van der Waals surface area contributed by atoms with Crippen molar-refractivity contribution in [3.05, 3.63) is 51.0 Å². The Morgan fingerprint density at radius 1 is 1.06 bits per heavy atom. The van der Waals surface area contributed by atoms with Gasteiger partial charge in [-0.3, -0.25) is 0 Å². The summed E-state index contributed by atoms with van der Waals surface area (Å²) in [6.07, 6.45) is 0. The SMILES string of the molecule is Cc1cc(C)cc(CNCc2csc(C)n2)c1. The molecule has 2 rings (SSSR count). The summed E-state index contributed by atoms with van der Waals surface area (Å²) < 4.78 is 0. The maximum absolute atomic E-state index is 4.43. The molecule has 2 nitrogen and oxygen atoms in total. The maximum atomic E-state index is 4.43. The Labute approximate surface area is 107 Å². The molecule has 0 aliphatic heterocycles. The quantitative estimate of drug-likeness (QED) is 0.894. The van der Waals surface area contributed by atoms with Crippen LogP contribution >= 0.6 is 11.3 Å². The number of benzene rings is 1. The summed E-state index contributed by atoms with van der Waals surface area (Å²) >= 11 is 1.70. The van der Waals surface area contributed by atoms with Crippen LogP contribution in [0, 0.1) is 20.8 Å². The molecule has 1 N–H and O–H groups in total. The fraction of sp³-hybridized carbons (Fsp3) is 0.357. The largest absolute Gasteiger partial charge is 0.307 e. The van der Waals surface area contributed by atoms with Gasteiger partial charge in [0.15, 0.2) is 0 Å². The van der Waals surface area contributed by atoms with Crippen molar-refractivity contribution in [3.8, 4) is 0 Å². The molecule has 0 saturated heterocycles. The van der Waals surface area contributed by atoms with Gasteiger partial charge in [0.2, 0.25) is 0 Å². The topological polar surface area (TPSA) is 24.9 Å². The minimum Gasteiger partial charge on any atom is -0.307 e. The first-order valence-electron chi connectivity index (χ1n) is 5.82. The number of aromatic nitrogens is 1. The summed E-state index contributed by atoms with van der Waals surface area (Å²) in [6.45, 7) is 8.06. The molecule has 1 aromatic heterocycles. The van der Waals surface area contributed by atoms with Gasteiger partial charge in [-0.15, -0.1) is 11.3 Å². The molecular formula is C14H18N2S. The lowest BCUT2D eigenvalue weighted by atomic mass is 10.1. The van der Waals surface area contributed by atoms with E-state index in [1.54, 1.807) is 11.3 Å². The zero-order valence-electron chi connectivity index (χ0n) is 10.6. The highest BCUT2D eigenvalue weighted by Crippen LogP contribution is 2.10. The molecule has 0 atom stereocenters. The normalized spacial score (nSPS) is 10.8. The number of thiazole rings is 1. The third-order valence-corrected chi connectivity index (χ3v) is 3.41. The molecule has 0 radical (unpaired) electrons. The lowest BCUT2D eigenvalue weighted by Gasteiger charge is -2.06. The molecule has 17 heavy (non-hydrogen) atoms. The molecule has 0 unspecified atom stereocenters. The number of rotatable bonds is 4. The third-order valence-electron chi connectivity index (χ3n) is 2.58. The summed E-state index contributed by atoms with van der Waals surface area (Å²) in [7, 11) is 0. The van der Waals surface area contributed by atoms with Gasteiger partial charge >= 0.3 is 0 Å². The van der Waals surface area contributed by atoms with E-state index in [1.165, 1.54) is 16.7 Å². The second kappa shape index (κ2) is 5.43. The van der Waals surface area contributed by atoms with Gasteiger partial charge in [0.25, 0.3) is 0 Å². The van der Waals surface area contributed by atoms with Crippen molar-refractivity contribution in [2.24, 2.45) is 0 Å². The van der Waals surface area contributed by atoms with Crippen LogP contribution in [0.5, 0.6) is 0 Å². The van der Waals surface area contributed by atoms with Crippen LogP contribution in [0.2, 0.25) is 0 Å². The predicted molar refractivity (Wildman–Crippen MR) is 73.3 cm³/mol. The summed E-state index contributed by atoms with van der Waals surface area (Å²) in [5.74, 6) is 0. The number of hydrogen-bond acceptors (Lipinski definition) is 3. The number of nitrogens with one attached hydrogen (secondary N) is 1. The average Bonchev–Trinajstić information content (AvgIpc) is 2.63. The van der Waals surface area contributed by atoms with Gasteiger partial charge in [0.05, 0.1) is 10.7 Å². The molecule has 0 spiro atoms.